The fraction of sp³-hybridized carbons (Fsp3) is 0.346. The fourth-order valence-corrected chi connectivity index (χ4v) is 3.90. The van der Waals surface area contributed by atoms with Crippen molar-refractivity contribution in [2.75, 3.05) is 38.3 Å². The number of carbonyl (C=O) groups is 1. The molecule has 0 bridgehead atoms. The molecule has 3 aromatic rings. The molecule has 1 aliphatic rings. The van der Waals surface area contributed by atoms with Crippen molar-refractivity contribution in [1.29, 1.82) is 0 Å². The van der Waals surface area contributed by atoms with E-state index in [9.17, 15) is 9.18 Å². The number of hydrogen-bond acceptors (Lipinski definition) is 8. The molecule has 4 rings (SSSR count). The number of carboxylic acid groups (broad SMARTS) is 1. The van der Waals surface area contributed by atoms with E-state index in [4.69, 9.17) is 24.1 Å². The number of anilines is 1. The molecule has 0 spiro atoms. The van der Waals surface area contributed by atoms with E-state index in [1.807, 2.05) is 19.1 Å². The predicted octanol–water partition coefficient (Wildman–Crippen LogP) is 4.13. The molecule has 0 saturated heterocycles. The van der Waals surface area contributed by atoms with Gasteiger partial charge >= 0.3 is 5.97 Å². The smallest absolute Gasteiger partial charge is 0.308 e. The van der Waals surface area contributed by atoms with Gasteiger partial charge in [0.1, 0.15) is 42.7 Å². The van der Waals surface area contributed by atoms with Gasteiger partial charge in [-0.05, 0) is 44.0 Å². The number of aliphatic carboxylic acids is 1. The molecule has 1 aromatic heterocycles. The van der Waals surface area contributed by atoms with Gasteiger partial charge in [0.25, 0.3) is 0 Å². The molecule has 2 N–H and O–H groups in total. The Balaban J connectivity index is 1.50. The molecule has 0 amide bonds. The molecule has 0 saturated carbocycles. The van der Waals surface area contributed by atoms with Crippen LogP contribution in [0.15, 0.2) is 36.7 Å². The molecule has 36 heavy (non-hydrogen) atoms. The van der Waals surface area contributed by atoms with Crippen LogP contribution in [-0.2, 0) is 17.6 Å². The van der Waals surface area contributed by atoms with Crippen LogP contribution < -0.4 is 24.3 Å². The summed E-state index contributed by atoms with van der Waals surface area (Å²) in [4.78, 5) is 19.7. The molecular formula is C26H28FN3O6. The Morgan fingerprint density at radius 3 is 2.47 bits per heavy atom. The number of rotatable bonds is 11. The van der Waals surface area contributed by atoms with E-state index in [1.165, 1.54) is 12.4 Å². The van der Waals surface area contributed by atoms with E-state index in [0.29, 0.717) is 61.4 Å². The van der Waals surface area contributed by atoms with Crippen molar-refractivity contribution in [2.24, 2.45) is 0 Å². The maximum absolute atomic E-state index is 14.8. The van der Waals surface area contributed by atoms with Crippen LogP contribution in [0.1, 0.15) is 25.0 Å². The number of hydrogen-bond donors (Lipinski definition) is 2. The standard InChI is InChI=1S/C26H28FN3O6/c1-3-33-21-14-24-23(35-7-8-36-24)10-16(21)5-6-28-25-13-20(29-15-30-25)17-9-19(27)18(12-26(31)32)22(11-17)34-4-2/h9-11,13-15H,3-8,12H2,1-2H3,(H,31,32)(H,28,29,30). The summed E-state index contributed by atoms with van der Waals surface area (Å²) >= 11 is 0. The van der Waals surface area contributed by atoms with Gasteiger partial charge in [-0.15, -0.1) is 0 Å². The minimum absolute atomic E-state index is 0.00466. The average molecular weight is 498 g/mol. The van der Waals surface area contributed by atoms with Crippen LogP contribution in [0.5, 0.6) is 23.0 Å². The summed E-state index contributed by atoms with van der Waals surface area (Å²) in [6, 6.07) is 8.35. The van der Waals surface area contributed by atoms with Crippen molar-refractivity contribution in [2.45, 2.75) is 26.7 Å². The molecule has 0 radical (unpaired) electrons. The number of carboxylic acids is 1. The third-order valence-electron chi connectivity index (χ3n) is 5.47. The van der Waals surface area contributed by atoms with Crippen molar-refractivity contribution < 1.29 is 33.2 Å². The van der Waals surface area contributed by atoms with E-state index >= 15 is 0 Å². The van der Waals surface area contributed by atoms with Crippen LogP contribution >= 0.6 is 0 Å². The van der Waals surface area contributed by atoms with E-state index in [2.05, 4.69) is 15.3 Å². The summed E-state index contributed by atoms with van der Waals surface area (Å²) in [7, 11) is 0. The van der Waals surface area contributed by atoms with Crippen molar-refractivity contribution in [3.05, 3.63) is 53.6 Å². The summed E-state index contributed by atoms with van der Waals surface area (Å²) < 4.78 is 37.4. The molecule has 190 valence electrons. The molecule has 2 heterocycles. The quantitative estimate of drug-likeness (QED) is 0.404. The highest BCUT2D eigenvalue weighted by Gasteiger charge is 2.18. The van der Waals surface area contributed by atoms with E-state index in [-0.39, 0.29) is 17.9 Å². The normalized spacial score (nSPS) is 12.2. The Hall–Kier alpha value is -4.08. The number of ether oxygens (including phenoxy) is 4. The topological polar surface area (TPSA) is 112 Å². The number of benzene rings is 2. The first-order valence-corrected chi connectivity index (χ1v) is 11.8. The monoisotopic (exact) mass is 497 g/mol. The van der Waals surface area contributed by atoms with Gasteiger partial charge in [0.2, 0.25) is 0 Å². The maximum atomic E-state index is 14.8. The van der Waals surface area contributed by atoms with Gasteiger partial charge in [-0.25, -0.2) is 14.4 Å². The zero-order valence-corrected chi connectivity index (χ0v) is 20.2. The van der Waals surface area contributed by atoms with Gasteiger partial charge in [0.15, 0.2) is 11.5 Å². The Bertz CT molecular complexity index is 1240. The lowest BCUT2D eigenvalue weighted by Crippen LogP contribution is -2.16. The van der Waals surface area contributed by atoms with E-state index in [0.717, 1.165) is 11.3 Å². The second-order valence-corrected chi connectivity index (χ2v) is 7.94. The second kappa shape index (κ2) is 11.6. The largest absolute Gasteiger partial charge is 0.493 e. The minimum Gasteiger partial charge on any atom is -0.493 e. The zero-order valence-electron chi connectivity index (χ0n) is 20.2. The lowest BCUT2D eigenvalue weighted by atomic mass is 10.0. The van der Waals surface area contributed by atoms with Crippen molar-refractivity contribution in [1.82, 2.24) is 9.97 Å². The molecule has 0 aliphatic carbocycles. The van der Waals surface area contributed by atoms with Gasteiger partial charge in [-0.1, -0.05) is 0 Å². The molecule has 0 atom stereocenters. The first-order valence-electron chi connectivity index (χ1n) is 11.8. The van der Waals surface area contributed by atoms with Crippen LogP contribution in [0, 0.1) is 5.82 Å². The molecule has 1 aliphatic heterocycles. The number of nitrogens with one attached hydrogen (secondary N) is 1. The number of nitrogens with zero attached hydrogens (tertiary/aromatic N) is 2. The number of aromatic nitrogens is 2. The Kier molecular flexibility index (Phi) is 8.04. The lowest BCUT2D eigenvalue weighted by molar-refractivity contribution is -0.136. The SMILES string of the molecule is CCOc1cc2c(cc1CCNc1cc(-c3cc(F)c(CC(=O)O)c(OCC)c3)ncn1)OCCO2. The first-order chi connectivity index (χ1) is 17.5. The van der Waals surface area contributed by atoms with Crippen LogP contribution in [0.2, 0.25) is 0 Å². The number of halogens is 1. The highest BCUT2D eigenvalue weighted by molar-refractivity contribution is 5.73. The predicted molar refractivity (Wildman–Crippen MR) is 131 cm³/mol. The summed E-state index contributed by atoms with van der Waals surface area (Å²) in [5.41, 5.74) is 1.91. The second-order valence-electron chi connectivity index (χ2n) is 7.94. The lowest BCUT2D eigenvalue weighted by Gasteiger charge is -2.21. The van der Waals surface area contributed by atoms with Crippen molar-refractivity contribution >= 4 is 11.8 Å². The zero-order chi connectivity index (χ0) is 25.5. The van der Waals surface area contributed by atoms with Crippen LogP contribution in [0.4, 0.5) is 10.2 Å². The molecule has 9 nitrogen and oxygen atoms in total. The molecule has 2 aromatic carbocycles. The summed E-state index contributed by atoms with van der Waals surface area (Å²) in [6.45, 7) is 6.04. The first kappa shape index (κ1) is 25.0. The maximum Gasteiger partial charge on any atom is 0.308 e. The minimum atomic E-state index is -1.14. The Labute approximate surface area is 208 Å². The number of fused-ring (bicyclic) bond motifs is 1. The van der Waals surface area contributed by atoms with Gasteiger partial charge in [-0.2, -0.15) is 0 Å². The Morgan fingerprint density at radius 1 is 1.03 bits per heavy atom. The van der Waals surface area contributed by atoms with Gasteiger partial charge in [0, 0.05) is 29.8 Å². The van der Waals surface area contributed by atoms with Gasteiger partial charge < -0.3 is 29.4 Å². The van der Waals surface area contributed by atoms with E-state index in [1.54, 1.807) is 19.1 Å². The van der Waals surface area contributed by atoms with Crippen LogP contribution in [-0.4, -0.2) is 54.0 Å². The fourth-order valence-electron chi connectivity index (χ4n) is 3.90. The summed E-state index contributed by atoms with van der Waals surface area (Å²) in [5.74, 6) is 1.06. The highest BCUT2D eigenvalue weighted by Crippen LogP contribution is 2.37. The molecule has 0 unspecified atom stereocenters. The van der Waals surface area contributed by atoms with Gasteiger partial charge in [-0.3, -0.25) is 4.79 Å². The van der Waals surface area contributed by atoms with Gasteiger partial charge in [0.05, 0.1) is 25.3 Å². The Morgan fingerprint density at radius 2 is 1.75 bits per heavy atom. The molecular weight excluding hydrogens is 469 g/mol. The average Bonchev–Trinajstić information content (AvgIpc) is 2.86. The molecule has 10 heteroatoms. The van der Waals surface area contributed by atoms with E-state index < -0.39 is 18.2 Å². The third-order valence-corrected chi connectivity index (χ3v) is 5.47. The third kappa shape index (κ3) is 5.94. The summed E-state index contributed by atoms with van der Waals surface area (Å²) in [5, 5.41) is 12.4. The highest BCUT2D eigenvalue weighted by atomic mass is 19.1. The van der Waals surface area contributed by atoms with Crippen molar-refractivity contribution in [3.63, 3.8) is 0 Å². The van der Waals surface area contributed by atoms with Crippen LogP contribution in [0.25, 0.3) is 11.3 Å². The van der Waals surface area contributed by atoms with Crippen LogP contribution in [0.3, 0.4) is 0 Å². The summed E-state index contributed by atoms with van der Waals surface area (Å²) in [6.07, 6.45) is 1.55. The van der Waals surface area contributed by atoms with Crippen molar-refractivity contribution in [3.8, 4) is 34.3 Å². The molecule has 0 fully saturated rings.